The zero-order chi connectivity index (χ0) is 19.5. The topological polar surface area (TPSA) is 87.2 Å². The molecule has 0 radical (unpaired) electrons. The van der Waals surface area contributed by atoms with Gasteiger partial charge in [0.2, 0.25) is 11.9 Å². The smallest absolute Gasteiger partial charge is 0.279 e. The van der Waals surface area contributed by atoms with E-state index in [1.165, 1.54) is 16.9 Å². The number of hydrogen-bond acceptors (Lipinski definition) is 6. The van der Waals surface area contributed by atoms with Gasteiger partial charge in [0.1, 0.15) is 0 Å². The van der Waals surface area contributed by atoms with Gasteiger partial charge in [0.15, 0.2) is 0 Å². The van der Waals surface area contributed by atoms with Gasteiger partial charge in [-0.2, -0.15) is 0 Å². The average Bonchev–Trinajstić information content (AvgIpc) is 3.16. The van der Waals surface area contributed by atoms with Gasteiger partial charge in [-0.15, -0.1) is 11.3 Å². The van der Waals surface area contributed by atoms with Gasteiger partial charge in [-0.05, 0) is 55.7 Å². The van der Waals surface area contributed by atoms with Crippen molar-refractivity contribution in [2.24, 2.45) is 11.8 Å². The fourth-order valence-electron chi connectivity index (χ4n) is 3.93. The lowest BCUT2D eigenvalue weighted by Gasteiger charge is -2.31. The van der Waals surface area contributed by atoms with Crippen LogP contribution in [0.1, 0.15) is 46.3 Å². The van der Waals surface area contributed by atoms with Gasteiger partial charge >= 0.3 is 0 Å². The summed E-state index contributed by atoms with van der Waals surface area (Å²) in [5.41, 5.74) is 6.49. The number of thiophene rings is 1. The molecular weight excluding hydrogens is 374 g/mol. The molecule has 0 bridgehead atoms. The first-order valence-electron chi connectivity index (χ1n) is 9.84. The number of rotatable bonds is 3. The fourth-order valence-corrected chi connectivity index (χ4v) is 5.03. The molecule has 28 heavy (non-hydrogen) atoms. The minimum Gasteiger partial charge on any atom is -0.340 e. The highest BCUT2D eigenvalue weighted by molar-refractivity contribution is 7.14. The number of amides is 2. The van der Waals surface area contributed by atoms with Crippen LogP contribution in [-0.4, -0.2) is 34.9 Å². The van der Waals surface area contributed by atoms with Crippen molar-refractivity contribution in [2.45, 2.75) is 39.0 Å². The second-order valence-corrected chi connectivity index (χ2v) is 8.82. The predicted molar refractivity (Wildman–Crippen MR) is 108 cm³/mol. The predicted octanol–water partition coefficient (Wildman–Crippen LogP) is 2.34. The van der Waals surface area contributed by atoms with Crippen LogP contribution < -0.4 is 15.8 Å². The lowest BCUT2D eigenvalue weighted by Crippen LogP contribution is -2.49. The molecule has 2 amide bonds. The van der Waals surface area contributed by atoms with E-state index in [1.54, 1.807) is 29.8 Å². The minimum absolute atomic E-state index is 0.163. The number of piperidine rings is 1. The molecule has 1 saturated heterocycles. The van der Waals surface area contributed by atoms with Gasteiger partial charge in [0.05, 0.1) is 10.8 Å². The van der Waals surface area contributed by atoms with Gasteiger partial charge in [-0.3, -0.25) is 20.4 Å². The van der Waals surface area contributed by atoms with Crippen LogP contribution >= 0.6 is 11.3 Å². The third kappa shape index (κ3) is 4.16. The minimum atomic E-state index is -0.237. The monoisotopic (exact) mass is 399 g/mol. The Morgan fingerprint density at radius 2 is 2.04 bits per heavy atom. The molecule has 3 heterocycles. The molecule has 2 unspecified atom stereocenters. The Morgan fingerprint density at radius 1 is 1.21 bits per heavy atom. The Hall–Kier alpha value is -2.48. The van der Waals surface area contributed by atoms with E-state index in [4.69, 9.17) is 0 Å². The van der Waals surface area contributed by atoms with Crippen LogP contribution in [0.4, 0.5) is 5.95 Å². The van der Waals surface area contributed by atoms with Crippen LogP contribution in [0, 0.1) is 11.8 Å². The molecule has 4 rings (SSSR count). The maximum Gasteiger partial charge on any atom is 0.279 e. The van der Waals surface area contributed by atoms with Crippen LogP contribution in [0.2, 0.25) is 0 Å². The molecule has 2 atom stereocenters. The Morgan fingerprint density at radius 3 is 2.86 bits per heavy atom. The SMILES string of the molecule is CC1CCc2sc(C(=O)NNC(=O)C3CCCN(c4ncccn4)C3)cc2C1. The summed E-state index contributed by atoms with van der Waals surface area (Å²) >= 11 is 1.54. The van der Waals surface area contributed by atoms with Gasteiger partial charge in [0, 0.05) is 30.4 Å². The van der Waals surface area contributed by atoms with Crippen molar-refractivity contribution >= 4 is 29.1 Å². The molecule has 2 aromatic rings. The Balaban J connectivity index is 1.32. The van der Waals surface area contributed by atoms with E-state index in [0.717, 1.165) is 32.2 Å². The number of carbonyl (C=O) groups is 2. The second kappa shape index (κ2) is 8.26. The van der Waals surface area contributed by atoms with Crippen molar-refractivity contribution < 1.29 is 9.59 Å². The van der Waals surface area contributed by atoms with Crippen molar-refractivity contribution in [1.29, 1.82) is 0 Å². The first-order chi connectivity index (χ1) is 13.6. The maximum atomic E-state index is 12.6. The molecule has 148 valence electrons. The van der Waals surface area contributed by atoms with E-state index >= 15 is 0 Å². The number of fused-ring (bicyclic) bond motifs is 1. The molecule has 2 aliphatic rings. The molecule has 2 N–H and O–H groups in total. The highest BCUT2D eigenvalue weighted by atomic mass is 32.1. The Kier molecular flexibility index (Phi) is 5.57. The molecular formula is C20H25N5O2S. The molecule has 7 nitrogen and oxygen atoms in total. The van der Waals surface area contributed by atoms with Gasteiger partial charge in [-0.25, -0.2) is 9.97 Å². The maximum absolute atomic E-state index is 12.6. The summed E-state index contributed by atoms with van der Waals surface area (Å²) in [4.78, 5) is 37.5. The van der Waals surface area contributed by atoms with E-state index in [0.29, 0.717) is 23.3 Å². The molecule has 1 fully saturated rings. The summed E-state index contributed by atoms with van der Waals surface area (Å²) < 4.78 is 0. The zero-order valence-corrected chi connectivity index (χ0v) is 16.8. The fraction of sp³-hybridized carbons (Fsp3) is 0.500. The second-order valence-electron chi connectivity index (χ2n) is 7.68. The summed E-state index contributed by atoms with van der Waals surface area (Å²) in [6, 6.07) is 3.75. The van der Waals surface area contributed by atoms with Crippen molar-refractivity contribution in [1.82, 2.24) is 20.8 Å². The highest BCUT2D eigenvalue weighted by Gasteiger charge is 2.28. The molecule has 2 aromatic heterocycles. The van der Waals surface area contributed by atoms with E-state index < -0.39 is 0 Å². The third-order valence-corrected chi connectivity index (χ3v) is 6.72. The average molecular weight is 400 g/mol. The molecule has 8 heteroatoms. The van der Waals surface area contributed by atoms with Crippen LogP contribution in [0.3, 0.4) is 0 Å². The molecule has 0 aromatic carbocycles. The van der Waals surface area contributed by atoms with Crippen LogP contribution in [0.5, 0.6) is 0 Å². The normalized spacial score (nSPS) is 21.7. The number of carbonyl (C=O) groups excluding carboxylic acids is 2. The summed E-state index contributed by atoms with van der Waals surface area (Å²) in [7, 11) is 0. The lowest BCUT2D eigenvalue weighted by molar-refractivity contribution is -0.126. The summed E-state index contributed by atoms with van der Waals surface area (Å²) in [5.74, 6) is 0.710. The van der Waals surface area contributed by atoms with Crippen molar-refractivity contribution in [2.75, 3.05) is 18.0 Å². The largest absolute Gasteiger partial charge is 0.340 e. The van der Waals surface area contributed by atoms with Crippen molar-refractivity contribution in [3.05, 3.63) is 39.8 Å². The summed E-state index contributed by atoms with van der Waals surface area (Å²) in [5, 5.41) is 0. The molecule has 1 aliphatic carbocycles. The molecule has 0 saturated carbocycles. The van der Waals surface area contributed by atoms with E-state index in [2.05, 4.69) is 27.7 Å². The first kappa shape index (κ1) is 18.9. The standard InChI is InChI=1S/C20H25N5O2S/c1-13-5-6-16-15(10-13)11-17(28-16)19(27)24-23-18(26)14-4-2-9-25(12-14)20-21-7-3-8-22-20/h3,7-8,11,13-14H,2,4-6,9-10,12H2,1H3,(H,23,26)(H,24,27). The quantitative estimate of drug-likeness (QED) is 0.774. The van der Waals surface area contributed by atoms with Crippen molar-refractivity contribution in [3.8, 4) is 0 Å². The van der Waals surface area contributed by atoms with Gasteiger partial charge < -0.3 is 4.90 Å². The molecule has 1 aliphatic heterocycles. The van der Waals surface area contributed by atoms with Crippen molar-refractivity contribution in [3.63, 3.8) is 0 Å². The van der Waals surface area contributed by atoms with Gasteiger partial charge in [-0.1, -0.05) is 6.92 Å². The van der Waals surface area contributed by atoms with E-state index in [1.807, 2.05) is 11.0 Å². The van der Waals surface area contributed by atoms with Crippen LogP contribution in [-0.2, 0) is 17.6 Å². The van der Waals surface area contributed by atoms with Crippen LogP contribution in [0.25, 0.3) is 0 Å². The highest BCUT2D eigenvalue weighted by Crippen LogP contribution is 2.32. The number of anilines is 1. The number of nitrogens with one attached hydrogen (secondary N) is 2. The Bertz CT molecular complexity index is 854. The van der Waals surface area contributed by atoms with E-state index in [9.17, 15) is 9.59 Å². The summed E-state index contributed by atoms with van der Waals surface area (Å²) in [6.45, 7) is 3.63. The number of aromatic nitrogens is 2. The van der Waals surface area contributed by atoms with Crippen LogP contribution in [0.15, 0.2) is 24.5 Å². The Labute approximate surface area is 168 Å². The number of hydrogen-bond donors (Lipinski definition) is 2. The third-order valence-electron chi connectivity index (χ3n) is 5.48. The lowest BCUT2D eigenvalue weighted by atomic mass is 9.90. The number of hydrazine groups is 1. The number of nitrogens with zero attached hydrogens (tertiary/aromatic N) is 3. The van der Waals surface area contributed by atoms with Gasteiger partial charge in [0.25, 0.3) is 5.91 Å². The summed E-state index contributed by atoms with van der Waals surface area (Å²) in [6.07, 6.45) is 8.33. The van der Waals surface area contributed by atoms with E-state index in [-0.39, 0.29) is 17.7 Å². The molecule has 0 spiro atoms. The number of aryl methyl sites for hydroxylation is 1. The zero-order valence-electron chi connectivity index (χ0n) is 16.0. The first-order valence-corrected chi connectivity index (χ1v) is 10.7.